The number of ether oxygens (including phenoxy) is 1. The van der Waals surface area contributed by atoms with Gasteiger partial charge in [-0.05, 0) is 60.2 Å². The van der Waals surface area contributed by atoms with Crippen molar-refractivity contribution in [2.75, 3.05) is 7.11 Å². The Balaban J connectivity index is 1.84. The fourth-order valence-electron chi connectivity index (χ4n) is 4.22. The molecule has 0 aliphatic carbocycles. The maximum absolute atomic E-state index is 13.6. The van der Waals surface area contributed by atoms with E-state index in [-0.39, 0.29) is 17.9 Å². The molecule has 1 N–H and O–H groups in total. The van der Waals surface area contributed by atoms with Gasteiger partial charge in [0.1, 0.15) is 11.8 Å². The van der Waals surface area contributed by atoms with Crippen LogP contribution in [0.5, 0.6) is 5.75 Å². The van der Waals surface area contributed by atoms with Crippen LogP contribution in [0.4, 0.5) is 0 Å². The average molecular weight is 461 g/mol. The number of amides is 2. The SMILES string of the molecule is CCC(C)NC(=O)C(CC)N(Cc1cccc(OC)c1)C(=O)CCc1cccc2ccccc12. The lowest BCUT2D eigenvalue weighted by Crippen LogP contribution is -2.50. The van der Waals surface area contributed by atoms with E-state index in [1.165, 1.54) is 10.8 Å². The van der Waals surface area contributed by atoms with Gasteiger partial charge in [-0.3, -0.25) is 9.59 Å². The minimum Gasteiger partial charge on any atom is -0.497 e. The van der Waals surface area contributed by atoms with Gasteiger partial charge < -0.3 is 15.0 Å². The van der Waals surface area contributed by atoms with Crippen molar-refractivity contribution in [3.63, 3.8) is 0 Å². The normalized spacial score (nSPS) is 12.7. The highest BCUT2D eigenvalue weighted by atomic mass is 16.5. The summed E-state index contributed by atoms with van der Waals surface area (Å²) in [7, 11) is 1.63. The Morgan fingerprint density at radius 3 is 2.44 bits per heavy atom. The molecule has 5 heteroatoms. The first-order chi connectivity index (χ1) is 16.5. The number of aryl methyl sites for hydroxylation is 1. The Morgan fingerprint density at radius 1 is 0.971 bits per heavy atom. The number of nitrogens with zero attached hydrogens (tertiary/aromatic N) is 1. The second-order valence-electron chi connectivity index (χ2n) is 8.75. The van der Waals surface area contributed by atoms with Crippen LogP contribution in [-0.2, 0) is 22.6 Å². The number of nitrogens with one attached hydrogen (secondary N) is 1. The molecular weight excluding hydrogens is 424 g/mol. The molecule has 0 fully saturated rings. The summed E-state index contributed by atoms with van der Waals surface area (Å²) in [5.41, 5.74) is 2.08. The minimum atomic E-state index is -0.528. The largest absolute Gasteiger partial charge is 0.497 e. The van der Waals surface area contributed by atoms with E-state index in [0.717, 1.165) is 23.3 Å². The molecule has 0 aliphatic rings. The van der Waals surface area contributed by atoms with Gasteiger partial charge in [-0.15, -0.1) is 0 Å². The van der Waals surface area contributed by atoms with E-state index in [4.69, 9.17) is 4.74 Å². The number of benzene rings is 3. The third-order valence-corrected chi connectivity index (χ3v) is 6.36. The molecule has 0 heterocycles. The molecule has 2 unspecified atom stereocenters. The first-order valence-electron chi connectivity index (χ1n) is 12.2. The van der Waals surface area contributed by atoms with E-state index < -0.39 is 6.04 Å². The molecule has 0 aliphatic heterocycles. The summed E-state index contributed by atoms with van der Waals surface area (Å²) in [6.07, 6.45) is 2.35. The third-order valence-electron chi connectivity index (χ3n) is 6.36. The summed E-state index contributed by atoms with van der Waals surface area (Å²) in [6, 6.07) is 21.6. The number of hydrogen-bond donors (Lipinski definition) is 1. The van der Waals surface area contributed by atoms with E-state index in [0.29, 0.717) is 25.8 Å². The topological polar surface area (TPSA) is 58.6 Å². The number of carbonyl (C=O) groups is 2. The molecule has 0 aromatic heterocycles. The highest BCUT2D eigenvalue weighted by Crippen LogP contribution is 2.22. The number of fused-ring (bicyclic) bond motifs is 1. The molecule has 5 nitrogen and oxygen atoms in total. The van der Waals surface area contributed by atoms with Crippen molar-refractivity contribution < 1.29 is 14.3 Å². The van der Waals surface area contributed by atoms with Gasteiger partial charge in [0.15, 0.2) is 0 Å². The van der Waals surface area contributed by atoms with Crippen molar-refractivity contribution in [1.29, 1.82) is 0 Å². The lowest BCUT2D eigenvalue weighted by Gasteiger charge is -2.31. The molecule has 0 spiro atoms. The van der Waals surface area contributed by atoms with Gasteiger partial charge in [0.2, 0.25) is 11.8 Å². The summed E-state index contributed by atoms with van der Waals surface area (Å²) >= 11 is 0. The van der Waals surface area contributed by atoms with Crippen LogP contribution in [-0.4, -0.2) is 35.9 Å². The van der Waals surface area contributed by atoms with Crippen molar-refractivity contribution in [1.82, 2.24) is 10.2 Å². The Kier molecular flexibility index (Phi) is 9.08. The maximum atomic E-state index is 13.6. The molecule has 0 bridgehead atoms. The van der Waals surface area contributed by atoms with Crippen LogP contribution in [0.15, 0.2) is 66.7 Å². The van der Waals surface area contributed by atoms with E-state index in [1.54, 1.807) is 12.0 Å². The van der Waals surface area contributed by atoms with E-state index in [1.807, 2.05) is 63.2 Å². The Morgan fingerprint density at radius 2 is 1.71 bits per heavy atom. The van der Waals surface area contributed by atoms with Crippen molar-refractivity contribution >= 4 is 22.6 Å². The lowest BCUT2D eigenvalue weighted by atomic mass is 10.00. The molecular formula is C29H36N2O3. The second kappa shape index (κ2) is 12.2. The molecule has 34 heavy (non-hydrogen) atoms. The number of hydrogen-bond acceptors (Lipinski definition) is 3. The van der Waals surface area contributed by atoms with Crippen LogP contribution in [0, 0.1) is 0 Å². The standard InChI is InChI=1S/C29H36N2O3/c1-5-21(3)30-29(33)27(6-2)31(20-22-11-9-15-25(19-22)34-4)28(32)18-17-24-14-10-13-23-12-7-8-16-26(23)24/h7-16,19,21,27H,5-6,17-18,20H2,1-4H3,(H,30,33). The summed E-state index contributed by atoms with van der Waals surface area (Å²) < 4.78 is 5.36. The molecule has 3 aromatic rings. The first-order valence-corrected chi connectivity index (χ1v) is 12.2. The van der Waals surface area contributed by atoms with Crippen LogP contribution in [0.2, 0.25) is 0 Å². The zero-order valence-corrected chi connectivity index (χ0v) is 20.7. The lowest BCUT2D eigenvalue weighted by molar-refractivity contribution is -0.141. The monoisotopic (exact) mass is 460 g/mol. The smallest absolute Gasteiger partial charge is 0.243 e. The molecule has 2 amide bonds. The zero-order chi connectivity index (χ0) is 24.5. The number of rotatable bonds is 11. The van der Waals surface area contributed by atoms with Crippen molar-refractivity contribution in [3.8, 4) is 5.75 Å². The van der Waals surface area contributed by atoms with Crippen LogP contribution >= 0.6 is 0 Å². The van der Waals surface area contributed by atoms with Crippen LogP contribution in [0.25, 0.3) is 10.8 Å². The molecule has 180 valence electrons. The van der Waals surface area contributed by atoms with Gasteiger partial charge in [-0.2, -0.15) is 0 Å². The number of carbonyl (C=O) groups excluding carboxylic acids is 2. The summed E-state index contributed by atoms with van der Waals surface area (Å²) in [5, 5.41) is 5.40. The first kappa shape index (κ1) is 25.3. The minimum absolute atomic E-state index is 0.0260. The molecule has 0 radical (unpaired) electrons. The van der Waals surface area contributed by atoms with Crippen LogP contribution in [0.1, 0.15) is 51.2 Å². The third kappa shape index (κ3) is 6.37. The maximum Gasteiger partial charge on any atom is 0.243 e. The average Bonchev–Trinajstić information content (AvgIpc) is 2.87. The fraction of sp³-hybridized carbons (Fsp3) is 0.379. The number of methoxy groups -OCH3 is 1. The van der Waals surface area contributed by atoms with Gasteiger partial charge in [0, 0.05) is 19.0 Å². The zero-order valence-electron chi connectivity index (χ0n) is 20.7. The summed E-state index contributed by atoms with van der Waals surface area (Å²) in [5.74, 6) is 0.609. The van der Waals surface area contributed by atoms with Gasteiger partial charge in [-0.25, -0.2) is 0 Å². The van der Waals surface area contributed by atoms with E-state index >= 15 is 0 Å². The quantitative estimate of drug-likeness (QED) is 0.411. The second-order valence-corrected chi connectivity index (χ2v) is 8.75. The molecule has 0 saturated carbocycles. The highest BCUT2D eigenvalue weighted by molar-refractivity contribution is 5.89. The fourth-order valence-corrected chi connectivity index (χ4v) is 4.22. The summed E-state index contributed by atoms with van der Waals surface area (Å²) in [4.78, 5) is 28.4. The molecule has 3 aromatic carbocycles. The summed E-state index contributed by atoms with van der Waals surface area (Å²) in [6.45, 7) is 6.34. The van der Waals surface area contributed by atoms with E-state index in [9.17, 15) is 9.59 Å². The van der Waals surface area contributed by atoms with Crippen molar-refractivity contribution in [2.45, 2.75) is 65.1 Å². The highest BCUT2D eigenvalue weighted by Gasteiger charge is 2.29. The predicted molar refractivity (Wildman–Crippen MR) is 138 cm³/mol. The molecule has 3 rings (SSSR count). The Labute approximate surface area is 203 Å². The van der Waals surface area contributed by atoms with Gasteiger partial charge >= 0.3 is 0 Å². The van der Waals surface area contributed by atoms with Crippen molar-refractivity contribution in [3.05, 3.63) is 77.9 Å². The van der Waals surface area contributed by atoms with Crippen LogP contribution in [0.3, 0.4) is 0 Å². The van der Waals surface area contributed by atoms with Gasteiger partial charge in [0.05, 0.1) is 7.11 Å². The van der Waals surface area contributed by atoms with Gasteiger partial charge in [-0.1, -0.05) is 68.4 Å². The van der Waals surface area contributed by atoms with Gasteiger partial charge in [0.25, 0.3) is 0 Å². The Hall–Kier alpha value is -3.34. The predicted octanol–water partition coefficient (Wildman–Crippen LogP) is 5.50. The van der Waals surface area contributed by atoms with E-state index in [2.05, 4.69) is 29.6 Å². The Bertz CT molecular complexity index is 1110. The molecule has 0 saturated heterocycles. The van der Waals surface area contributed by atoms with Crippen LogP contribution < -0.4 is 10.1 Å². The molecule has 2 atom stereocenters. The van der Waals surface area contributed by atoms with Crippen molar-refractivity contribution in [2.24, 2.45) is 0 Å².